The molecule has 6 heteroatoms. The number of methoxy groups -OCH3 is 1. The molecule has 2 aromatic carbocycles. The SMILES string of the molecule is COC(=O)c1cccc(N)c1Oc1ccc(F)cc1Br. The lowest BCUT2D eigenvalue weighted by molar-refractivity contribution is 0.0598. The molecule has 0 radical (unpaired) electrons. The summed E-state index contributed by atoms with van der Waals surface area (Å²) in [5.41, 5.74) is 6.30. The van der Waals surface area contributed by atoms with Crippen LogP contribution in [0.3, 0.4) is 0 Å². The fourth-order valence-corrected chi connectivity index (χ4v) is 2.04. The van der Waals surface area contributed by atoms with Crippen molar-refractivity contribution in [3.8, 4) is 11.5 Å². The topological polar surface area (TPSA) is 61.5 Å². The Kier molecular flexibility index (Phi) is 4.24. The molecular formula is C14H11BrFNO3. The molecule has 104 valence electrons. The molecule has 2 rings (SSSR count). The normalized spacial score (nSPS) is 10.2. The third-order valence-electron chi connectivity index (χ3n) is 2.56. The number of halogens is 2. The summed E-state index contributed by atoms with van der Waals surface area (Å²) in [5.74, 6) is -0.454. The van der Waals surface area contributed by atoms with Crippen LogP contribution in [0.2, 0.25) is 0 Å². The van der Waals surface area contributed by atoms with Crippen molar-refractivity contribution < 1.29 is 18.7 Å². The predicted molar refractivity (Wildman–Crippen MR) is 76.4 cm³/mol. The van der Waals surface area contributed by atoms with Crippen molar-refractivity contribution in [3.05, 3.63) is 52.3 Å². The molecule has 0 aliphatic rings. The summed E-state index contributed by atoms with van der Waals surface area (Å²) in [6, 6.07) is 8.69. The van der Waals surface area contributed by atoms with E-state index >= 15 is 0 Å². The Labute approximate surface area is 123 Å². The first-order valence-corrected chi connectivity index (χ1v) is 6.42. The standard InChI is InChI=1S/C14H11BrFNO3/c1-19-14(18)9-3-2-4-11(17)13(9)20-12-6-5-8(16)7-10(12)15/h2-7H,17H2,1H3. The summed E-state index contributed by atoms with van der Waals surface area (Å²) in [6.07, 6.45) is 0. The summed E-state index contributed by atoms with van der Waals surface area (Å²) < 4.78 is 23.7. The van der Waals surface area contributed by atoms with Gasteiger partial charge in [-0.2, -0.15) is 0 Å². The van der Waals surface area contributed by atoms with E-state index in [9.17, 15) is 9.18 Å². The Morgan fingerprint density at radius 2 is 2.05 bits per heavy atom. The van der Waals surface area contributed by atoms with Crippen LogP contribution in [-0.4, -0.2) is 13.1 Å². The maximum absolute atomic E-state index is 13.0. The molecule has 0 aliphatic carbocycles. The highest BCUT2D eigenvalue weighted by Gasteiger charge is 2.17. The highest BCUT2D eigenvalue weighted by molar-refractivity contribution is 9.10. The Morgan fingerprint density at radius 1 is 1.30 bits per heavy atom. The number of hydrogen-bond donors (Lipinski definition) is 1. The number of esters is 1. The van der Waals surface area contributed by atoms with E-state index in [1.54, 1.807) is 12.1 Å². The molecule has 0 amide bonds. The zero-order valence-corrected chi connectivity index (χ0v) is 12.1. The summed E-state index contributed by atoms with van der Waals surface area (Å²) in [6.45, 7) is 0. The van der Waals surface area contributed by atoms with Crippen molar-refractivity contribution >= 4 is 27.6 Å². The van der Waals surface area contributed by atoms with Crippen LogP contribution in [0, 0.1) is 5.82 Å². The van der Waals surface area contributed by atoms with Crippen LogP contribution in [0.5, 0.6) is 11.5 Å². The highest BCUT2D eigenvalue weighted by Crippen LogP contribution is 2.35. The van der Waals surface area contributed by atoms with Gasteiger partial charge >= 0.3 is 5.97 Å². The van der Waals surface area contributed by atoms with Gasteiger partial charge in [-0.1, -0.05) is 6.07 Å². The number of carbonyl (C=O) groups is 1. The molecule has 0 aromatic heterocycles. The number of benzene rings is 2. The van der Waals surface area contributed by atoms with Gasteiger partial charge in [0.1, 0.15) is 17.1 Å². The fourth-order valence-electron chi connectivity index (χ4n) is 1.61. The molecule has 0 heterocycles. The second-order valence-electron chi connectivity index (χ2n) is 3.89. The van der Waals surface area contributed by atoms with Gasteiger partial charge in [-0.05, 0) is 46.3 Å². The molecule has 2 N–H and O–H groups in total. The maximum atomic E-state index is 13.0. The van der Waals surface area contributed by atoms with E-state index in [2.05, 4.69) is 20.7 Å². The fraction of sp³-hybridized carbons (Fsp3) is 0.0714. The lowest BCUT2D eigenvalue weighted by Gasteiger charge is -2.13. The van der Waals surface area contributed by atoms with Crippen molar-refractivity contribution in [1.29, 1.82) is 0 Å². The largest absolute Gasteiger partial charge is 0.465 e. The Morgan fingerprint density at radius 3 is 2.70 bits per heavy atom. The van der Waals surface area contributed by atoms with Gasteiger partial charge in [0.2, 0.25) is 0 Å². The third kappa shape index (κ3) is 2.91. The molecule has 0 bridgehead atoms. The second-order valence-corrected chi connectivity index (χ2v) is 4.75. The second kappa shape index (κ2) is 5.92. The highest BCUT2D eigenvalue weighted by atomic mass is 79.9. The molecule has 0 spiro atoms. The minimum absolute atomic E-state index is 0.173. The average molecular weight is 340 g/mol. The number of ether oxygens (including phenoxy) is 2. The van der Waals surface area contributed by atoms with Gasteiger partial charge < -0.3 is 15.2 Å². The van der Waals surface area contributed by atoms with Crippen LogP contribution in [0.4, 0.5) is 10.1 Å². The number of rotatable bonds is 3. The van der Waals surface area contributed by atoms with Crippen LogP contribution >= 0.6 is 15.9 Å². The van der Waals surface area contributed by atoms with Crippen LogP contribution < -0.4 is 10.5 Å². The van der Waals surface area contributed by atoms with Crippen LogP contribution in [0.1, 0.15) is 10.4 Å². The molecule has 0 saturated heterocycles. The van der Waals surface area contributed by atoms with Gasteiger partial charge in [0.25, 0.3) is 0 Å². The minimum atomic E-state index is -0.564. The number of anilines is 1. The number of hydrogen-bond acceptors (Lipinski definition) is 4. The third-order valence-corrected chi connectivity index (χ3v) is 3.18. The van der Waals surface area contributed by atoms with Gasteiger partial charge in [0.15, 0.2) is 5.75 Å². The van der Waals surface area contributed by atoms with Gasteiger partial charge in [0.05, 0.1) is 17.3 Å². The molecule has 0 atom stereocenters. The lowest BCUT2D eigenvalue weighted by Crippen LogP contribution is -2.05. The lowest BCUT2D eigenvalue weighted by atomic mass is 10.1. The van der Waals surface area contributed by atoms with Crippen LogP contribution in [0.15, 0.2) is 40.9 Å². The summed E-state index contributed by atoms with van der Waals surface area (Å²) in [7, 11) is 1.27. The average Bonchev–Trinajstić information content (AvgIpc) is 2.42. The summed E-state index contributed by atoms with van der Waals surface area (Å²) in [5, 5.41) is 0. The first kappa shape index (κ1) is 14.3. The van der Waals surface area contributed by atoms with Crippen molar-refractivity contribution in [2.24, 2.45) is 0 Å². The first-order valence-electron chi connectivity index (χ1n) is 5.62. The van der Waals surface area contributed by atoms with Crippen LogP contribution in [0.25, 0.3) is 0 Å². The van der Waals surface area contributed by atoms with Gasteiger partial charge in [-0.25, -0.2) is 9.18 Å². The number of para-hydroxylation sites is 1. The summed E-state index contributed by atoms with van der Waals surface area (Å²) in [4.78, 5) is 11.7. The Hall–Kier alpha value is -2.08. The zero-order valence-electron chi connectivity index (χ0n) is 10.5. The summed E-state index contributed by atoms with van der Waals surface area (Å²) >= 11 is 3.19. The smallest absolute Gasteiger partial charge is 0.341 e. The first-order chi connectivity index (χ1) is 9.52. The molecule has 0 fully saturated rings. The van der Waals surface area contributed by atoms with Crippen molar-refractivity contribution in [3.63, 3.8) is 0 Å². The molecule has 20 heavy (non-hydrogen) atoms. The van der Waals surface area contributed by atoms with E-state index in [1.165, 1.54) is 31.4 Å². The van der Waals surface area contributed by atoms with Crippen LogP contribution in [-0.2, 0) is 4.74 Å². The maximum Gasteiger partial charge on any atom is 0.341 e. The number of nitrogen functional groups attached to an aromatic ring is 1. The number of nitrogens with two attached hydrogens (primary N) is 1. The monoisotopic (exact) mass is 339 g/mol. The van der Waals surface area contributed by atoms with Gasteiger partial charge in [0, 0.05) is 0 Å². The molecule has 0 saturated carbocycles. The van der Waals surface area contributed by atoms with E-state index < -0.39 is 11.8 Å². The van der Waals surface area contributed by atoms with E-state index in [4.69, 9.17) is 10.5 Å². The van der Waals surface area contributed by atoms with E-state index in [0.29, 0.717) is 10.2 Å². The molecule has 0 aliphatic heterocycles. The van der Waals surface area contributed by atoms with E-state index in [0.717, 1.165) is 0 Å². The molecule has 0 unspecified atom stereocenters. The van der Waals surface area contributed by atoms with E-state index in [1.807, 2.05) is 0 Å². The van der Waals surface area contributed by atoms with E-state index in [-0.39, 0.29) is 17.0 Å². The number of carbonyl (C=O) groups excluding carboxylic acids is 1. The zero-order chi connectivity index (χ0) is 14.7. The van der Waals surface area contributed by atoms with Crippen molar-refractivity contribution in [2.75, 3.05) is 12.8 Å². The predicted octanol–water partition coefficient (Wildman–Crippen LogP) is 3.75. The molecular weight excluding hydrogens is 329 g/mol. The quantitative estimate of drug-likeness (QED) is 0.683. The van der Waals surface area contributed by atoms with Gasteiger partial charge in [-0.15, -0.1) is 0 Å². The molecule has 4 nitrogen and oxygen atoms in total. The van der Waals surface area contributed by atoms with Crippen molar-refractivity contribution in [1.82, 2.24) is 0 Å². The molecule has 2 aromatic rings. The Bertz CT molecular complexity index is 661. The Balaban J connectivity index is 2.45. The van der Waals surface area contributed by atoms with Crippen molar-refractivity contribution in [2.45, 2.75) is 0 Å². The minimum Gasteiger partial charge on any atom is -0.465 e. The van der Waals surface area contributed by atoms with Gasteiger partial charge in [-0.3, -0.25) is 0 Å².